The molecule has 1 aromatic rings. The van der Waals surface area contributed by atoms with E-state index in [0.29, 0.717) is 6.42 Å². The molecule has 3 heteroatoms. The predicted molar refractivity (Wildman–Crippen MR) is 63.0 cm³/mol. The van der Waals surface area contributed by atoms with Gasteiger partial charge in [-0.2, -0.15) is 0 Å². The average molecular weight is 216 g/mol. The summed E-state index contributed by atoms with van der Waals surface area (Å²) in [7, 11) is 0. The minimum absolute atomic E-state index is 0.169. The van der Waals surface area contributed by atoms with Crippen LogP contribution in [0.2, 0.25) is 0 Å². The molecule has 16 heavy (non-hydrogen) atoms. The number of amides is 1. The molecule has 1 fully saturated rings. The van der Waals surface area contributed by atoms with Gasteiger partial charge in [0.25, 0.3) is 0 Å². The molecule has 1 atom stereocenters. The van der Waals surface area contributed by atoms with Crippen LogP contribution in [0.25, 0.3) is 0 Å². The normalized spacial score (nSPS) is 27.4. The zero-order valence-corrected chi connectivity index (χ0v) is 9.71. The fourth-order valence-electron chi connectivity index (χ4n) is 2.77. The minimum Gasteiger partial charge on any atom is -0.363 e. The van der Waals surface area contributed by atoms with Crippen molar-refractivity contribution in [3.05, 3.63) is 29.3 Å². The fraction of sp³-hybridized carbons (Fsp3) is 0.462. The van der Waals surface area contributed by atoms with Crippen LogP contribution in [-0.2, 0) is 11.3 Å². The summed E-state index contributed by atoms with van der Waals surface area (Å²) in [6.45, 7) is 4.97. The molecule has 84 valence electrons. The van der Waals surface area contributed by atoms with E-state index < -0.39 is 0 Å². The van der Waals surface area contributed by atoms with Crippen molar-refractivity contribution in [3.8, 4) is 0 Å². The molecule has 1 unspecified atom stereocenters. The van der Waals surface area contributed by atoms with Crippen LogP contribution in [-0.4, -0.2) is 16.5 Å². The maximum absolute atomic E-state index is 11.8. The molecular formula is C13H16N2O. The first-order chi connectivity index (χ1) is 7.60. The van der Waals surface area contributed by atoms with Crippen molar-refractivity contribution in [1.82, 2.24) is 4.90 Å². The largest absolute Gasteiger partial charge is 0.363 e. The number of fused-ring (bicyclic) bond motifs is 2. The molecule has 0 bridgehead atoms. The first kappa shape index (κ1) is 9.70. The summed E-state index contributed by atoms with van der Waals surface area (Å²) in [5, 5.41) is 3.51. The summed E-state index contributed by atoms with van der Waals surface area (Å²) in [5.41, 5.74) is 3.54. The van der Waals surface area contributed by atoms with Crippen molar-refractivity contribution in [3.63, 3.8) is 0 Å². The van der Waals surface area contributed by atoms with Gasteiger partial charge >= 0.3 is 0 Å². The Kier molecular flexibility index (Phi) is 1.82. The van der Waals surface area contributed by atoms with E-state index in [2.05, 4.69) is 37.4 Å². The summed E-state index contributed by atoms with van der Waals surface area (Å²) >= 11 is 0. The van der Waals surface area contributed by atoms with E-state index in [-0.39, 0.29) is 11.6 Å². The van der Waals surface area contributed by atoms with E-state index >= 15 is 0 Å². The summed E-state index contributed by atoms with van der Waals surface area (Å²) in [6, 6.07) is 6.27. The highest BCUT2D eigenvalue weighted by Crippen LogP contribution is 2.39. The number of aryl methyl sites for hydroxylation is 1. The Morgan fingerprint density at radius 3 is 3.06 bits per heavy atom. The SMILES string of the molecule is Cc1cccc2c1CN1C(=O)CCC1(C)N2. The molecule has 1 saturated heterocycles. The lowest BCUT2D eigenvalue weighted by Crippen LogP contribution is -2.51. The third-order valence-electron chi connectivity index (χ3n) is 3.85. The van der Waals surface area contributed by atoms with Crippen molar-refractivity contribution < 1.29 is 4.79 Å². The lowest BCUT2D eigenvalue weighted by Gasteiger charge is -2.42. The van der Waals surface area contributed by atoms with E-state index in [1.54, 1.807) is 0 Å². The van der Waals surface area contributed by atoms with Gasteiger partial charge in [-0.25, -0.2) is 0 Å². The Balaban J connectivity index is 2.09. The van der Waals surface area contributed by atoms with Gasteiger partial charge in [-0.1, -0.05) is 12.1 Å². The number of carbonyl (C=O) groups is 1. The highest BCUT2D eigenvalue weighted by Gasteiger charge is 2.44. The van der Waals surface area contributed by atoms with Gasteiger partial charge in [0.05, 0.1) is 6.54 Å². The van der Waals surface area contributed by atoms with Gasteiger partial charge in [-0.3, -0.25) is 4.79 Å². The summed E-state index contributed by atoms with van der Waals surface area (Å²) in [5.74, 6) is 0.268. The predicted octanol–water partition coefficient (Wildman–Crippen LogP) is 2.26. The van der Waals surface area contributed by atoms with Crippen LogP contribution in [0.1, 0.15) is 30.9 Å². The van der Waals surface area contributed by atoms with E-state index in [1.165, 1.54) is 16.8 Å². The number of nitrogens with one attached hydrogen (secondary N) is 1. The third-order valence-corrected chi connectivity index (χ3v) is 3.85. The molecule has 0 saturated carbocycles. The Bertz CT molecular complexity index is 469. The quantitative estimate of drug-likeness (QED) is 0.721. The summed E-state index contributed by atoms with van der Waals surface area (Å²) in [4.78, 5) is 13.8. The third kappa shape index (κ3) is 1.17. The van der Waals surface area contributed by atoms with Crippen LogP contribution in [0.15, 0.2) is 18.2 Å². The molecule has 2 aliphatic rings. The Morgan fingerprint density at radius 1 is 1.44 bits per heavy atom. The summed E-state index contributed by atoms with van der Waals surface area (Å²) in [6.07, 6.45) is 1.57. The maximum atomic E-state index is 11.8. The van der Waals surface area contributed by atoms with E-state index in [0.717, 1.165) is 13.0 Å². The molecule has 0 radical (unpaired) electrons. The van der Waals surface area contributed by atoms with Gasteiger partial charge in [0.1, 0.15) is 5.66 Å². The summed E-state index contributed by atoms with van der Waals surface area (Å²) < 4.78 is 0. The number of carbonyl (C=O) groups excluding carboxylic acids is 1. The highest BCUT2D eigenvalue weighted by atomic mass is 16.2. The van der Waals surface area contributed by atoms with Gasteiger partial charge in [0.15, 0.2) is 0 Å². The number of nitrogens with zero attached hydrogens (tertiary/aromatic N) is 1. The zero-order chi connectivity index (χ0) is 11.3. The van der Waals surface area contributed by atoms with Crippen molar-refractivity contribution >= 4 is 11.6 Å². The van der Waals surface area contributed by atoms with Crippen LogP contribution >= 0.6 is 0 Å². The van der Waals surface area contributed by atoms with Gasteiger partial charge < -0.3 is 10.2 Å². The smallest absolute Gasteiger partial charge is 0.224 e. The molecule has 3 rings (SSSR count). The second-order valence-corrected chi connectivity index (χ2v) is 4.98. The van der Waals surface area contributed by atoms with Gasteiger partial charge in [-0.05, 0) is 37.5 Å². The van der Waals surface area contributed by atoms with E-state index in [4.69, 9.17) is 0 Å². The molecule has 3 nitrogen and oxygen atoms in total. The highest BCUT2D eigenvalue weighted by molar-refractivity contribution is 5.82. The number of anilines is 1. The van der Waals surface area contributed by atoms with E-state index in [1.807, 2.05) is 4.90 Å². The van der Waals surface area contributed by atoms with E-state index in [9.17, 15) is 4.79 Å². The zero-order valence-electron chi connectivity index (χ0n) is 9.71. The molecule has 1 aromatic carbocycles. The minimum atomic E-state index is -0.169. The monoisotopic (exact) mass is 216 g/mol. The lowest BCUT2D eigenvalue weighted by atomic mass is 9.99. The first-order valence-corrected chi connectivity index (χ1v) is 5.77. The standard InChI is InChI=1S/C13H16N2O/c1-9-4-3-5-11-10(9)8-15-12(16)6-7-13(15,2)14-11/h3-5,14H,6-8H2,1-2H3. The van der Waals surface area contributed by atoms with Crippen molar-refractivity contribution in [2.24, 2.45) is 0 Å². The lowest BCUT2D eigenvalue weighted by molar-refractivity contribution is -0.131. The Labute approximate surface area is 95.4 Å². The van der Waals surface area contributed by atoms with Crippen LogP contribution in [0.3, 0.4) is 0 Å². The number of rotatable bonds is 0. The number of benzene rings is 1. The number of hydrogen-bond acceptors (Lipinski definition) is 2. The molecule has 1 N–H and O–H groups in total. The molecule has 0 aromatic heterocycles. The maximum Gasteiger partial charge on any atom is 0.224 e. The topological polar surface area (TPSA) is 32.3 Å². The molecular weight excluding hydrogens is 200 g/mol. The Hall–Kier alpha value is -1.51. The van der Waals surface area contributed by atoms with Crippen molar-refractivity contribution in [1.29, 1.82) is 0 Å². The van der Waals surface area contributed by atoms with Crippen LogP contribution < -0.4 is 5.32 Å². The molecule has 0 aliphatic carbocycles. The second-order valence-electron chi connectivity index (χ2n) is 4.98. The average Bonchev–Trinajstić information content (AvgIpc) is 2.53. The van der Waals surface area contributed by atoms with Crippen molar-refractivity contribution in [2.45, 2.75) is 38.9 Å². The molecule has 0 spiro atoms. The van der Waals surface area contributed by atoms with Crippen molar-refractivity contribution in [2.75, 3.05) is 5.32 Å². The molecule has 2 heterocycles. The van der Waals surface area contributed by atoms with Gasteiger partial charge in [0.2, 0.25) is 5.91 Å². The first-order valence-electron chi connectivity index (χ1n) is 5.77. The molecule has 1 amide bonds. The fourth-order valence-corrected chi connectivity index (χ4v) is 2.77. The van der Waals surface area contributed by atoms with Gasteiger partial charge in [-0.15, -0.1) is 0 Å². The van der Waals surface area contributed by atoms with Crippen LogP contribution in [0.4, 0.5) is 5.69 Å². The number of hydrogen-bond donors (Lipinski definition) is 1. The van der Waals surface area contributed by atoms with Crippen LogP contribution in [0, 0.1) is 6.92 Å². The Morgan fingerprint density at radius 2 is 2.25 bits per heavy atom. The molecule has 2 aliphatic heterocycles. The van der Waals surface area contributed by atoms with Crippen LogP contribution in [0.5, 0.6) is 0 Å². The second kappa shape index (κ2) is 3.00. The van der Waals surface area contributed by atoms with Gasteiger partial charge in [0, 0.05) is 12.1 Å².